The van der Waals surface area contributed by atoms with Gasteiger partial charge in [0.05, 0.1) is 6.04 Å². The van der Waals surface area contributed by atoms with Gasteiger partial charge in [0.15, 0.2) is 0 Å². The Labute approximate surface area is 170 Å². The molecule has 1 heterocycles. The Bertz CT molecular complexity index is 716. The largest absolute Gasteiger partial charge is 0.345 e. The molecule has 1 aliphatic heterocycles. The van der Waals surface area contributed by atoms with Gasteiger partial charge in [0.1, 0.15) is 0 Å². The summed E-state index contributed by atoms with van der Waals surface area (Å²) in [5.74, 6) is 0.525. The Morgan fingerprint density at radius 3 is 2.18 bits per heavy atom. The summed E-state index contributed by atoms with van der Waals surface area (Å²) in [4.78, 5) is 15.4. The molecule has 0 bridgehead atoms. The molecule has 3 heteroatoms. The van der Waals surface area contributed by atoms with Crippen LogP contribution in [0, 0.1) is 5.92 Å². The van der Waals surface area contributed by atoms with Crippen molar-refractivity contribution in [1.29, 1.82) is 0 Å². The molecular formula is C25H34N2O. The summed E-state index contributed by atoms with van der Waals surface area (Å²) >= 11 is 0. The molecule has 0 aliphatic carbocycles. The Balaban J connectivity index is 1.62. The van der Waals surface area contributed by atoms with Crippen molar-refractivity contribution in [2.45, 2.75) is 58.5 Å². The molecule has 1 aliphatic rings. The zero-order chi connectivity index (χ0) is 19.8. The predicted octanol–water partition coefficient (Wildman–Crippen LogP) is 5.58. The van der Waals surface area contributed by atoms with Crippen LogP contribution >= 0.6 is 0 Å². The summed E-state index contributed by atoms with van der Waals surface area (Å²) in [5, 5.41) is 3.24. The molecule has 3 rings (SSSR count). The predicted molar refractivity (Wildman–Crippen MR) is 116 cm³/mol. The number of rotatable bonds is 7. The van der Waals surface area contributed by atoms with Gasteiger partial charge in [-0.15, -0.1) is 0 Å². The lowest BCUT2D eigenvalue weighted by Gasteiger charge is -2.22. The molecule has 1 fully saturated rings. The standard InChI is InChI=1S/C25H34N2O/c1-20(2)18-24(22-10-6-5-7-11-22)26-25(28)23-14-12-21(13-15-23)19-27-16-8-3-4-9-17-27/h5-7,10-15,20,24H,3-4,8-9,16-19H2,1-2H3,(H,26,28)/t24-/m0/s1. The first kappa shape index (κ1) is 20.6. The van der Waals surface area contributed by atoms with E-state index in [1.165, 1.54) is 49.9 Å². The van der Waals surface area contributed by atoms with Crippen molar-refractivity contribution in [2.75, 3.05) is 13.1 Å². The highest BCUT2D eigenvalue weighted by Crippen LogP contribution is 2.22. The maximum absolute atomic E-state index is 12.8. The van der Waals surface area contributed by atoms with Crippen molar-refractivity contribution < 1.29 is 4.79 Å². The number of benzene rings is 2. The first-order valence-electron chi connectivity index (χ1n) is 10.8. The molecule has 1 amide bonds. The van der Waals surface area contributed by atoms with Gasteiger partial charge in [0.25, 0.3) is 5.91 Å². The third-order valence-electron chi connectivity index (χ3n) is 5.54. The maximum Gasteiger partial charge on any atom is 0.251 e. The number of hydrogen-bond acceptors (Lipinski definition) is 2. The number of carbonyl (C=O) groups excluding carboxylic acids is 1. The molecule has 0 aromatic heterocycles. The van der Waals surface area contributed by atoms with Crippen LogP contribution in [0.15, 0.2) is 54.6 Å². The van der Waals surface area contributed by atoms with E-state index in [0.717, 1.165) is 18.5 Å². The second-order valence-electron chi connectivity index (χ2n) is 8.45. The number of amides is 1. The topological polar surface area (TPSA) is 32.3 Å². The summed E-state index contributed by atoms with van der Waals surface area (Å²) in [7, 11) is 0. The van der Waals surface area contributed by atoms with E-state index in [-0.39, 0.29) is 11.9 Å². The summed E-state index contributed by atoms with van der Waals surface area (Å²) in [6, 6.07) is 18.5. The van der Waals surface area contributed by atoms with Crippen molar-refractivity contribution in [2.24, 2.45) is 5.92 Å². The zero-order valence-electron chi connectivity index (χ0n) is 17.4. The lowest BCUT2D eigenvalue weighted by molar-refractivity contribution is 0.0932. The third kappa shape index (κ3) is 6.20. The summed E-state index contributed by atoms with van der Waals surface area (Å²) in [6.45, 7) is 7.76. The van der Waals surface area contributed by atoms with Crippen LogP contribution < -0.4 is 5.32 Å². The number of likely N-dealkylation sites (tertiary alicyclic amines) is 1. The van der Waals surface area contributed by atoms with Crippen LogP contribution in [0.5, 0.6) is 0 Å². The van der Waals surface area contributed by atoms with Gasteiger partial charge in [-0.05, 0) is 61.5 Å². The van der Waals surface area contributed by atoms with Gasteiger partial charge < -0.3 is 5.32 Å². The summed E-state index contributed by atoms with van der Waals surface area (Å²) in [5.41, 5.74) is 3.20. The Kier molecular flexibility index (Phi) is 7.67. The van der Waals surface area contributed by atoms with E-state index < -0.39 is 0 Å². The van der Waals surface area contributed by atoms with Crippen molar-refractivity contribution in [1.82, 2.24) is 10.2 Å². The lowest BCUT2D eigenvalue weighted by Crippen LogP contribution is -2.29. The van der Waals surface area contributed by atoms with Gasteiger partial charge >= 0.3 is 0 Å². The summed E-state index contributed by atoms with van der Waals surface area (Å²) < 4.78 is 0. The van der Waals surface area contributed by atoms with Gasteiger partial charge in [-0.3, -0.25) is 9.69 Å². The van der Waals surface area contributed by atoms with Gasteiger partial charge in [0.2, 0.25) is 0 Å². The monoisotopic (exact) mass is 378 g/mol. The lowest BCUT2D eigenvalue weighted by atomic mass is 9.96. The fourth-order valence-corrected chi connectivity index (χ4v) is 3.99. The molecule has 3 nitrogen and oxygen atoms in total. The molecule has 0 unspecified atom stereocenters. The normalized spacial score (nSPS) is 16.5. The molecule has 0 spiro atoms. The molecule has 0 radical (unpaired) electrons. The molecule has 2 aromatic carbocycles. The van der Waals surface area contributed by atoms with Crippen LogP contribution in [0.25, 0.3) is 0 Å². The van der Waals surface area contributed by atoms with Crippen LogP contribution in [0.1, 0.15) is 73.5 Å². The minimum absolute atomic E-state index is 0.0100. The molecule has 150 valence electrons. The highest BCUT2D eigenvalue weighted by molar-refractivity contribution is 5.94. The Morgan fingerprint density at radius 2 is 1.57 bits per heavy atom. The summed E-state index contributed by atoms with van der Waals surface area (Å²) in [6.07, 6.45) is 6.25. The third-order valence-corrected chi connectivity index (χ3v) is 5.54. The van der Waals surface area contributed by atoms with E-state index in [1.807, 2.05) is 30.3 Å². The van der Waals surface area contributed by atoms with Crippen molar-refractivity contribution in [3.8, 4) is 0 Å². The SMILES string of the molecule is CC(C)C[C@H](NC(=O)c1ccc(CN2CCCCCC2)cc1)c1ccccc1. The van der Waals surface area contributed by atoms with Crippen LogP contribution in [0.3, 0.4) is 0 Å². The molecular weight excluding hydrogens is 344 g/mol. The van der Waals surface area contributed by atoms with E-state index in [1.54, 1.807) is 0 Å². The van der Waals surface area contributed by atoms with E-state index in [2.05, 4.69) is 48.3 Å². The fourth-order valence-electron chi connectivity index (χ4n) is 3.99. The minimum Gasteiger partial charge on any atom is -0.345 e. The molecule has 1 atom stereocenters. The number of carbonyl (C=O) groups is 1. The molecule has 2 aromatic rings. The van der Waals surface area contributed by atoms with E-state index >= 15 is 0 Å². The highest BCUT2D eigenvalue weighted by atomic mass is 16.1. The van der Waals surface area contributed by atoms with Gasteiger partial charge in [-0.2, -0.15) is 0 Å². The Hall–Kier alpha value is -2.13. The van der Waals surface area contributed by atoms with Crippen molar-refractivity contribution >= 4 is 5.91 Å². The molecule has 0 saturated carbocycles. The minimum atomic E-state index is 0.0100. The number of hydrogen-bond donors (Lipinski definition) is 1. The van der Waals surface area contributed by atoms with Crippen molar-refractivity contribution in [3.05, 3.63) is 71.3 Å². The second-order valence-corrected chi connectivity index (χ2v) is 8.45. The first-order valence-corrected chi connectivity index (χ1v) is 10.8. The molecule has 28 heavy (non-hydrogen) atoms. The van der Waals surface area contributed by atoms with Crippen LogP contribution in [-0.2, 0) is 6.54 Å². The molecule has 1 saturated heterocycles. The van der Waals surface area contributed by atoms with E-state index in [4.69, 9.17) is 0 Å². The van der Waals surface area contributed by atoms with E-state index in [0.29, 0.717) is 5.92 Å². The van der Waals surface area contributed by atoms with E-state index in [9.17, 15) is 4.79 Å². The van der Waals surface area contributed by atoms with Gasteiger partial charge in [-0.25, -0.2) is 0 Å². The van der Waals surface area contributed by atoms with Crippen LogP contribution in [-0.4, -0.2) is 23.9 Å². The maximum atomic E-state index is 12.8. The second kappa shape index (κ2) is 10.4. The van der Waals surface area contributed by atoms with Gasteiger partial charge in [0, 0.05) is 12.1 Å². The number of nitrogens with zero attached hydrogens (tertiary/aromatic N) is 1. The average molecular weight is 379 g/mol. The van der Waals surface area contributed by atoms with Gasteiger partial charge in [-0.1, -0.05) is 69.2 Å². The quantitative estimate of drug-likeness (QED) is 0.682. The van der Waals surface area contributed by atoms with Crippen LogP contribution in [0.2, 0.25) is 0 Å². The highest BCUT2D eigenvalue weighted by Gasteiger charge is 2.17. The Morgan fingerprint density at radius 1 is 0.929 bits per heavy atom. The zero-order valence-corrected chi connectivity index (χ0v) is 17.4. The smallest absolute Gasteiger partial charge is 0.251 e. The number of nitrogens with one attached hydrogen (secondary N) is 1. The first-order chi connectivity index (χ1) is 13.6. The fraction of sp³-hybridized carbons (Fsp3) is 0.480. The van der Waals surface area contributed by atoms with Crippen molar-refractivity contribution in [3.63, 3.8) is 0 Å². The average Bonchev–Trinajstić information content (AvgIpc) is 2.97. The van der Waals surface area contributed by atoms with Crippen LogP contribution in [0.4, 0.5) is 0 Å². The molecule has 1 N–H and O–H groups in total.